The Labute approximate surface area is 98.9 Å². The van der Waals surface area contributed by atoms with E-state index >= 15 is 0 Å². The third kappa shape index (κ3) is 5.13. The van der Waals surface area contributed by atoms with Crippen LogP contribution in [0.15, 0.2) is 48.6 Å². The summed E-state index contributed by atoms with van der Waals surface area (Å²) < 4.78 is 0. The second kappa shape index (κ2) is 8.12. The first-order valence-corrected chi connectivity index (χ1v) is 6.14. The van der Waals surface area contributed by atoms with Crippen LogP contribution < -0.4 is 0 Å². The van der Waals surface area contributed by atoms with Crippen LogP contribution in [0.25, 0.3) is 0 Å². The molecule has 0 aliphatic heterocycles. The minimum absolute atomic E-state index is 0.309. The van der Waals surface area contributed by atoms with Crippen LogP contribution in [-0.2, 0) is 0 Å². The van der Waals surface area contributed by atoms with Crippen LogP contribution in [0.3, 0.4) is 0 Å². The molecule has 0 aromatic carbocycles. The number of hydrogen-bond acceptors (Lipinski definition) is 1. The van der Waals surface area contributed by atoms with E-state index in [-0.39, 0.29) is 0 Å². The first-order chi connectivity index (χ1) is 7.84. The van der Waals surface area contributed by atoms with E-state index in [4.69, 9.17) is 5.11 Å². The van der Waals surface area contributed by atoms with Gasteiger partial charge in [-0.05, 0) is 25.2 Å². The van der Waals surface area contributed by atoms with Gasteiger partial charge in [0.15, 0.2) is 0 Å². The molecule has 1 rings (SSSR count). The largest absolute Gasteiger partial charge is 0.396 e. The number of aliphatic hydroxyl groups excluding tert-OH is 1. The maximum Gasteiger partial charge on any atom is 0.0431 e. The molecule has 1 aliphatic rings. The van der Waals surface area contributed by atoms with E-state index in [9.17, 15) is 0 Å². The maximum atomic E-state index is 8.66. The molecule has 0 amide bonds. The topological polar surface area (TPSA) is 20.2 Å². The van der Waals surface area contributed by atoms with Crippen LogP contribution in [0, 0.1) is 11.8 Å². The van der Waals surface area contributed by atoms with Gasteiger partial charge in [0.05, 0.1) is 0 Å². The first-order valence-electron chi connectivity index (χ1n) is 6.14. The molecule has 0 fully saturated rings. The maximum absolute atomic E-state index is 8.66. The van der Waals surface area contributed by atoms with Crippen molar-refractivity contribution in [2.75, 3.05) is 6.61 Å². The Balaban J connectivity index is 2.31. The molecular weight excluding hydrogens is 196 g/mol. The minimum atomic E-state index is 0.309. The van der Waals surface area contributed by atoms with Crippen molar-refractivity contribution in [1.29, 1.82) is 0 Å². The summed E-state index contributed by atoms with van der Waals surface area (Å²) in [7, 11) is 0. The van der Waals surface area contributed by atoms with Gasteiger partial charge in [0.1, 0.15) is 0 Å². The van der Waals surface area contributed by atoms with Crippen LogP contribution in [-0.4, -0.2) is 11.7 Å². The average molecular weight is 218 g/mol. The van der Waals surface area contributed by atoms with Gasteiger partial charge >= 0.3 is 0 Å². The van der Waals surface area contributed by atoms with Gasteiger partial charge in [0.25, 0.3) is 0 Å². The molecule has 1 aliphatic carbocycles. The third-order valence-electron chi connectivity index (χ3n) is 2.83. The lowest BCUT2D eigenvalue weighted by Crippen LogP contribution is -2.02. The predicted molar refractivity (Wildman–Crippen MR) is 70.2 cm³/mol. The highest BCUT2D eigenvalue weighted by Crippen LogP contribution is 2.18. The Kier molecular flexibility index (Phi) is 6.59. The van der Waals surface area contributed by atoms with Gasteiger partial charge in [-0.3, -0.25) is 0 Å². The van der Waals surface area contributed by atoms with E-state index in [1.165, 1.54) is 0 Å². The van der Waals surface area contributed by atoms with E-state index in [2.05, 4.69) is 55.5 Å². The van der Waals surface area contributed by atoms with Crippen LogP contribution in [0.4, 0.5) is 0 Å². The number of unbranched alkanes of at least 4 members (excludes halogenated alkanes) is 2. The summed E-state index contributed by atoms with van der Waals surface area (Å²) in [5, 5.41) is 8.66. The lowest BCUT2D eigenvalue weighted by Gasteiger charge is -2.12. The smallest absolute Gasteiger partial charge is 0.0431 e. The molecule has 0 saturated heterocycles. The molecule has 0 saturated carbocycles. The quantitative estimate of drug-likeness (QED) is 0.533. The SMILES string of the molecule is CC(/C=C\CCCCO)C1C=CC=CC=C1. The Bertz CT molecular complexity index is 268. The summed E-state index contributed by atoms with van der Waals surface area (Å²) in [6, 6.07) is 0. The lowest BCUT2D eigenvalue weighted by molar-refractivity contribution is 0.285. The summed E-state index contributed by atoms with van der Waals surface area (Å²) in [5.41, 5.74) is 0. The van der Waals surface area contributed by atoms with Gasteiger partial charge < -0.3 is 5.11 Å². The predicted octanol–water partition coefficient (Wildman–Crippen LogP) is 3.64. The normalized spacial score (nSPS) is 18.1. The van der Waals surface area contributed by atoms with Crippen molar-refractivity contribution in [1.82, 2.24) is 0 Å². The second-order valence-corrected chi connectivity index (χ2v) is 4.24. The van der Waals surface area contributed by atoms with Crippen LogP contribution >= 0.6 is 0 Å². The Hall–Kier alpha value is -1.08. The van der Waals surface area contributed by atoms with Gasteiger partial charge in [-0.25, -0.2) is 0 Å². The van der Waals surface area contributed by atoms with E-state index in [1.807, 2.05) is 0 Å². The zero-order chi connectivity index (χ0) is 11.6. The van der Waals surface area contributed by atoms with Gasteiger partial charge in [-0.2, -0.15) is 0 Å². The van der Waals surface area contributed by atoms with Crippen LogP contribution in [0.1, 0.15) is 26.2 Å². The van der Waals surface area contributed by atoms with Crippen molar-refractivity contribution in [3.05, 3.63) is 48.6 Å². The highest BCUT2D eigenvalue weighted by Gasteiger charge is 2.07. The lowest BCUT2D eigenvalue weighted by atomic mass is 9.93. The van der Waals surface area contributed by atoms with Crippen LogP contribution in [0.5, 0.6) is 0 Å². The van der Waals surface area contributed by atoms with Crippen molar-refractivity contribution >= 4 is 0 Å². The molecule has 1 heteroatoms. The molecule has 0 aromatic rings. The highest BCUT2D eigenvalue weighted by atomic mass is 16.2. The standard InChI is InChI=1S/C15H22O/c1-14(10-6-4-5-9-13-16)15-11-7-2-3-8-12-15/h2-3,6-8,10-12,14-16H,4-5,9,13H2,1H3/b10-6-. The molecule has 88 valence electrons. The van der Waals surface area contributed by atoms with E-state index < -0.39 is 0 Å². The van der Waals surface area contributed by atoms with Crippen molar-refractivity contribution < 1.29 is 5.11 Å². The number of rotatable bonds is 6. The molecule has 1 nitrogen and oxygen atoms in total. The minimum Gasteiger partial charge on any atom is -0.396 e. The zero-order valence-electron chi connectivity index (χ0n) is 10.0. The summed E-state index contributed by atoms with van der Waals surface area (Å²) >= 11 is 0. The fourth-order valence-corrected chi connectivity index (χ4v) is 1.74. The van der Waals surface area contributed by atoms with Gasteiger partial charge in [-0.15, -0.1) is 0 Å². The molecule has 0 heterocycles. The van der Waals surface area contributed by atoms with Gasteiger partial charge in [-0.1, -0.05) is 55.5 Å². The Morgan fingerprint density at radius 1 is 1.12 bits per heavy atom. The van der Waals surface area contributed by atoms with Crippen LogP contribution in [0.2, 0.25) is 0 Å². The highest BCUT2D eigenvalue weighted by molar-refractivity contribution is 5.21. The zero-order valence-corrected chi connectivity index (χ0v) is 10.0. The second-order valence-electron chi connectivity index (χ2n) is 4.24. The molecule has 0 spiro atoms. The van der Waals surface area contributed by atoms with Crippen molar-refractivity contribution in [2.24, 2.45) is 11.8 Å². The van der Waals surface area contributed by atoms with Gasteiger partial charge in [0, 0.05) is 12.5 Å². The van der Waals surface area contributed by atoms with Gasteiger partial charge in [0.2, 0.25) is 0 Å². The third-order valence-corrected chi connectivity index (χ3v) is 2.83. The van der Waals surface area contributed by atoms with Crippen molar-refractivity contribution in [3.8, 4) is 0 Å². The molecule has 0 bridgehead atoms. The molecule has 1 N–H and O–H groups in total. The van der Waals surface area contributed by atoms with Crippen molar-refractivity contribution in [3.63, 3.8) is 0 Å². The molecule has 1 atom stereocenters. The fraction of sp³-hybridized carbons (Fsp3) is 0.467. The summed E-state index contributed by atoms with van der Waals surface area (Å²) in [6.07, 6.45) is 20.4. The van der Waals surface area contributed by atoms with E-state index in [1.54, 1.807) is 0 Å². The molecule has 0 radical (unpaired) electrons. The molecular formula is C15H22O. The Morgan fingerprint density at radius 2 is 1.81 bits per heavy atom. The summed E-state index contributed by atoms with van der Waals surface area (Å²) in [4.78, 5) is 0. The fourth-order valence-electron chi connectivity index (χ4n) is 1.74. The summed E-state index contributed by atoms with van der Waals surface area (Å²) in [6.45, 7) is 2.55. The first kappa shape index (κ1) is 13.0. The van der Waals surface area contributed by atoms with E-state index in [0.29, 0.717) is 18.4 Å². The molecule has 16 heavy (non-hydrogen) atoms. The average Bonchev–Trinajstić information content (AvgIpc) is 2.57. The van der Waals surface area contributed by atoms with E-state index in [0.717, 1.165) is 19.3 Å². The number of aliphatic hydroxyl groups is 1. The number of hydrogen-bond donors (Lipinski definition) is 1. The van der Waals surface area contributed by atoms with Crippen molar-refractivity contribution in [2.45, 2.75) is 26.2 Å². The number of allylic oxidation sites excluding steroid dienone is 8. The Morgan fingerprint density at radius 3 is 2.44 bits per heavy atom. The molecule has 0 aromatic heterocycles. The summed E-state index contributed by atoms with van der Waals surface area (Å²) in [5.74, 6) is 1.05. The monoisotopic (exact) mass is 218 g/mol. The molecule has 1 unspecified atom stereocenters.